The lowest BCUT2D eigenvalue weighted by atomic mass is 10.2. The van der Waals surface area contributed by atoms with E-state index in [-0.39, 0.29) is 5.91 Å². The molecular formula is C12H14N2O. The number of fused-ring (bicyclic) bond motifs is 1. The molecule has 1 amide bonds. The number of aromatic nitrogens is 1. The van der Waals surface area contributed by atoms with E-state index in [9.17, 15) is 4.79 Å². The van der Waals surface area contributed by atoms with Gasteiger partial charge in [-0.2, -0.15) is 0 Å². The Balaban J connectivity index is 2.48. The number of amides is 1. The molecule has 0 aliphatic heterocycles. The summed E-state index contributed by atoms with van der Waals surface area (Å²) in [5, 5.41) is 3.84. The van der Waals surface area contributed by atoms with Crippen molar-refractivity contribution >= 4 is 16.8 Å². The lowest BCUT2D eigenvalue weighted by Crippen LogP contribution is -2.22. The number of hydrogen-bond acceptors (Lipinski definition) is 1. The average Bonchev–Trinajstić information content (AvgIpc) is 2.57. The van der Waals surface area contributed by atoms with Crippen molar-refractivity contribution in [2.75, 3.05) is 7.05 Å². The van der Waals surface area contributed by atoms with Gasteiger partial charge in [-0.05, 0) is 18.6 Å². The van der Waals surface area contributed by atoms with E-state index < -0.39 is 0 Å². The maximum Gasteiger partial charge on any atom is 0.239 e. The first-order valence-corrected chi connectivity index (χ1v) is 4.97. The molecule has 0 atom stereocenters. The number of nitrogens with zero attached hydrogens (tertiary/aromatic N) is 1. The highest BCUT2D eigenvalue weighted by Gasteiger charge is 2.06. The molecule has 0 spiro atoms. The van der Waals surface area contributed by atoms with Gasteiger partial charge in [0.05, 0.1) is 0 Å². The number of rotatable bonds is 2. The number of carbonyl (C=O) groups is 1. The second-order valence-electron chi connectivity index (χ2n) is 3.63. The Kier molecular flexibility index (Phi) is 2.46. The second-order valence-corrected chi connectivity index (χ2v) is 3.63. The lowest BCUT2D eigenvalue weighted by molar-refractivity contribution is -0.121. The van der Waals surface area contributed by atoms with E-state index in [4.69, 9.17) is 0 Å². The Morgan fingerprint density at radius 2 is 2.13 bits per heavy atom. The first kappa shape index (κ1) is 9.77. The summed E-state index contributed by atoms with van der Waals surface area (Å²) in [6, 6.07) is 8.11. The third-order valence-corrected chi connectivity index (χ3v) is 2.58. The van der Waals surface area contributed by atoms with Crippen LogP contribution in [-0.2, 0) is 11.3 Å². The molecule has 0 radical (unpaired) electrons. The molecule has 0 aliphatic carbocycles. The van der Waals surface area contributed by atoms with Crippen LogP contribution in [0.2, 0.25) is 0 Å². The summed E-state index contributed by atoms with van der Waals surface area (Å²) >= 11 is 0. The fourth-order valence-electron chi connectivity index (χ4n) is 1.79. The lowest BCUT2D eigenvalue weighted by Gasteiger charge is -2.03. The molecule has 1 aromatic heterocycles. The van der Waals surface area contributed by atoms with Gasteiger partial charge in [-0.1, -0.05) is 18.2 Å². The SMILES string of the molecule is CNC(=O)Cn1cc(C)c2ccccc21. The van der Waals surface area contributed by atoms with E-state index in [0.717, 1.165) is 5.52 Å². The van der Waals surface area contributed by atoms with Crippen LogP contribution in [0.1, 0.15) is 5.56 Å². The molecule has 0 saturated carbocycles. The first-order chi connectivity index (χ1) is 7.22. The molecule has 78 valence electrons. The van der Waals surface area contributed by atoms with E-state index in [2.05, 4.69) is 18.3 Å². The molecule has 0 saturated heterocycles. The summed E-state index contributed by atoms with van der Waals surface area (Å²) < 4.78 is 1.98. The Labute approximate surface area is 88.7 Å². The van der Waals surface area contributed by atoms with E-state index in [1.54, 1.807) is 7.05 Å². The fourth-order valence-corrected chi connectivity index (χ4v) is 1.79. The minimum atomic E-state index is 0.0238. The topological polar surface area (TPSA) is 34.0 Å². The van der Waals surface area contributed by atoms with E-state index in [1.807, 2.05) is 29.0 Å². The van der Waals surface area contributed by atoms with Gasteiger partial charge in [0.15, 0.2) is 0 Å². The first-order valence-electron chi connectivity index (χ1n) is 4.97. The average molecular weight is 202 g/mol. The molecule has 2 rings (SSSR count). The van der Waals surface area contributed by atoms with Crippen LogP contribution in [0.3, 0.4) is 0 Å². The molecule has 0 fully saturated rings. The minimum Gasteiger partial charge on any atom is -0.358 e. The van der Waals surface area contributed by atoms with Crippen molar-refractivity contribution < 1.29 is 4.79 Å². The zero-order valence-electron chi connectivity index (χ0n) is 8.95. The van der Waals surface area contributed by atoms with Gasteiger partial charge in [0, 0.05) is 24.1 Å². The predicted octanol–water partition coefficient (Wildman–Crippen LogP) is 1.70. The number of hydrogen-bond donors (Lipinski definition) is 1. The molecule has 1 N–H and O–H groups in total. The minimum absolute atomic E-state index is 0.0238. The van der Waals surface area contributed by atoms with Crippen molar-refractivity contribution in [2.45, 2.75) is 13.5 Å². The van der Waals surface area contributed by atoms with Crippen molar-refractivity contribution in [1.82, 2.24) is 9.88 Å². The quantitative estimate of drug-likeness (QED) is 0.790. The summed E-state index contributed by atoms with van der Waals surface area (Å²) in [4.78, 5) is 11.3. The van der Waals surface area contributed by atoms with E-state index in [0.29, 0.717) is 6.54 Å². The van der Waals surface area contributed by atoms with Gasteiger partial charge in [-0.25, -0.2) is 0 Å². The molecule has 15 heavy (non-hydrogen) atoms. The van der Waals surface area contributed by atoms with Crippen LogP contribution < -0.4 is 5.32 Å². The van der Waals surface area contributed by atoms with E-state index >= 15 is 0 Å². The monoisotopic (exact) mass is 202 g/mol. The van der Waals surface area contributed by atoms with Crippen molar-refractivity contribution in [3.8, 4) is 0 Å². The number of nitrogens with one attached hydrogen (secondary N) is 1. The second kappa shape index (κ2) is 3.77. The summed E-state index contributed by atoms with van der Waals surface area (Å²) in [7, 11) is 1.65. The molecular weight excluding hydrogens is 188 g/mol. The van der Waals surface area contributed by atoms with Crippen LogP contribution in [0, 0.1) is 6.92 Å². The van der Waals surface area contributed by atoms with Crippen molar-refractivity contribution in [3.05, 3.63) is 36.0 Å². The van der Waals surface area contributed by atoms with Crippen LogP contribution in [0.5, 0.6) is 0 Å². The normalized spacial score (nSPS) is 10.5. The molecule has 1 aromatic carbocycles. The van der Waals surface area contributed by atoms with E-state index in [1.165, 1.54) is 10.9 Å². The number of likely N-dealkylation sites (N-methyl/N-ethyl adjacent to an activating group) is 1. The Morgan fingerprint density at radius 1 is 1.40 bits per heavy atom. The number of para-hydroxylation sites is 1. The van der Waals surface area contributed by atoms with Gasteiger partial charge in [-0.3, -0.25) is 4.79 Å². The standard InChI is InChI=1S/C12H14N2O/c1-9-7-14(8-12(15)13-2)11-6-4-3-5-10(9)11/h3-7H,8H2,1-2H3,(H,13,15). The van der Waals surface area contributed by atoms with Gasteiger partial charge in [0.2, 0.25) is 5.91 Å². The molecule has 2 aromatic rings. The molecule has 1 heterocycles. The molecule has 0 aliphatic rings. The van der Waals surface area contributed by atoms with Crippen LogP contribution in [-0.4, -0.2) is 17.5 Å². The zero-order valence-corrected chi connectivity index (χ0v) is 8.95. The van der Waals surface area contributed by atoms with Gasteiger partial charge < -0.3 is 9.88 Å². The van der Waals surface area contributed by atoms with Crippen LogP contribution in [0.4, 0.5) is 0 Å². The highest BCUT2D eigenvalue weighted by molar-refractivity contribution is 5.85. The van der Waals surface area contributed by atoms with Crippen molar-refractivity contribution in [2.24, 2.45) is 0 Å². The van der Waals surface area contributed by atoms with Crippen molar-refractivity contribution in [1.29, 1.82) is 0 Å². The maximum absolute atomic E-state index is 11.3. The summed E-state index contributed by atoms with van der Waals surface area (Å²) in [6.07, 6.45) is 2.01. The Bertz CT molecular complexity index is 499. The van der Waals surface area contributed by atoms with Crippen LogP contribution >= 0.6 is 0 Å². The van der Waals surface area contributed by atoms with Gasteiger partial charge >= 0.3 is 0 Å². The molecule has 0 unspecified atom stereocenters. The highest BCUT2D eigenvalue weighted by atomic mass is 16.1. The van der Waals surface area contributed by atoms with Crippen LogP contribution in [0.15, 0.2) is 30.5 Å². The fraction of sp³-hybridized carbons (Fsp3) is 0.250. The summed E-state index contributed by atoms with van der Waals surface area (Å²) in [5.74, 6) is 0.0238. The van der Waals surface area contributed by atoms with Crippen LogP contribution in [0.25, 0.3) is 10.9 Å². The molecule has 3 nitrogen and oxygen atoms in total. The molecule has 3 heteroatoms. The largest absolute Gasteiger partial charge is 0.358 e. The predicted molar refractivity (Wildman–Crippen MR) is 60.7 cm³/mol. The maximum atomic E-state index is 11.3. The number of benzene rings is 1. The summed E-state index contributed by atoms with van der Waals surface area (Å²) in [6.45, 7) is 2.44. The third kappa shape index (κ3) is 1.73. The van der Waals surface area contributed by atoms with Gasteiger partial charge in [0.1, 0.15) is 6.54 Å². The number of carbonyl (C=O) groups excluding carboxylic acids is 1. The molecule has 0 bridgehead atoms. The highest BCUT2D eigenvalue weighted by Crippen LogP contribution is 2.19. The Morgan fingerprint density at radius 3 is 2.87 bits per heavy atom. The van der Waals surface area contributed by atoms with Gasteiger partial charge in [-0.15, -0.1) is 0 Å². The Hall–Kier alpha value is -1.77. The third-order valence-electron chi connectivity index (χ3n) is 2.58. The van der Waals surface area contributed by atoms with Gasteiger partial charge in [0.25, 0.3) is 0 Å². The summed E-state index contributed by atoms with van der Waals surface area (Å²) in [5.41, 5.74) is 2.31. The van der Waals surface area contributed by atoms with Crippen molar-refractivity contribution in [3.63, 3.8) is 0 Å². The zero-order chi connectivity index (χ0) is 10.8. The smallest absolute Gasteiger partial charge is 0.239 e. The number of aryl methyl sites for hydroxylation is 1.